The van der Waals surface area contributed by atoms with Gasteiger partial charge in [0.15, 0.2) is 5.82 Å². The molecule has 7 heteroatoms. The van der Waals surface area contributed by atoms with E-state index in [0.29, 0.717) is 5.88 Å². The van der Waals surface area contributed by atoms with E-state index in [-0.39, 0.29) is 17.5 Å². The molecule has 1 rings (SSSR count). The first-order valence-corrected chi connectivity index (χ1v) is 6.54. The van der Waals surface area contributed by atoms with Gasteiger partial charge in [0.25, 0.3) is 0 Å². The van der Waals surface area contributed by atoms with Gasteiger partial charge in [-0.15, -0.1) is 11.6 Å². The Morgan fingerprint density at radius 2 is 2.27 bits per heavy atom. The third-order valence-electron chi connectivity index (χ3n) is 1.59. The number of anilines is 1. The third kappa shape index (κ3) is 4.44. The van der Waals surface area contributed by atoms with Gasteiger partial charge in [0, 0.05) is 18.3 Å². The molecule has 0 bridgehead atoms. The Morgan fingerprint density at radius 1 is 1.53 bits per heavy atom. The molecule has 1 aromatic heterocycles. The molecule has 0 saturated carbocycles. The number of hydrogen-bond acceptors (Lipinski definition) is 4. The van der Waals surface area contributed by atoms with Gasteiger partial charge in [-0.3, -0.25) is 9.71 Å². The summed E-state index contributed by atoms with van der Waals surface area (Å²) >= 11 is 5.54. The van der Waals surface area contributed by atoms with Gasteiger partial charge < -0.3 is 0 Å². The minimum Gasteiger partial charge on any atom is -0.266 e. The molecule has 0 saturated heterocycles. The Bertz CT molecular complexity index is 396. The van der Waals surface area contributed by atoms with Crippen LogP contribution in [0.25, 0.3) is 0 Å². The molecule has 1 atom stereocenters. The predicted octanol–water partition coefficient (Wildman–Crippen LogP) is 1.09. The van der Waals surface area contributed by atoms with Crippen molar-refractivity contribution in [2.24, 2.45) is 5.92 Å². The van der Waals surface area contributed by atoms with Crippen LogP contribution in [-0.2, 0) is 10.0 Å². The van der Waals surface area contributed by atoms with Crippen LogP contribution in [0.15, 0.2) is 18.6 Å². The molecule has 0 aromatic carbocycles. The van der Waals surface area contributed by atoms with Crippen LogP contribution in [0.2, 0.25) is 0 Å². The summed E-state index contributed by atoms with van der Waals surface area (Å²) in [6, 6.07) is 0. The number of sulfonamides is 1. The summed E-state index contributed by atoms with van der Waals surface area (Å²) in [6.45, 7) is 1.77. The number of hydrogen-bond donors (Lipinski definition) is 1. The van der Waals surface area contributed by atoms with Crippen molar-refractivity contribution >= 4 is 27.4 Å². The van der Waals surface area contributed by atoms with E-state index in [4.69, 9.17) is 11.6 Å². The van der Waals surface area contributed by atoms with Crippen LogP contribution in [0.1, 0.15) is 6.92 Å². The highest BCUT2D eigenvalue weighted by Gasteiger charge is 2.15. The zero-order valence-corrected chi connectivity index (χ0v) is 9.79. The summed E-state index contributed by atoms with van der Waals surface area (Å²) in [7, 11) is -3.38. The van der Waals surface area contributed by atoms with Gasteiger partial charge in [-0.2, -0.15) is 0 Å². The van der Waals surface area contributed by atoms with Crippen molar-refractivity contribution in [3.8, 4) is 0 Å². The lowest BCUT2D eigenvalue weighted by Crippen LogP contribution is -2.22. The maximum atomic E-state index is 11.5. The Morgan fingerprint density at radius 3 is 2.80 bits per heavy atom. The van der Waals surface area contributed by atoms with Crippen molar-refractivity contribution in [2.75, 3.05) is 16.4 Å². The van der Waals surface area contributed by atoms with Crippen LogP contribution in [-0.4, -0.2) is 30.0 Å². The third-order valence-corrected chi connectivity index (χ3v) is 3.65. The normalized spacial score (nSPS) is 13.5. The molecule has 0 aliphatic rings. The van der Waals surface area contributed by atoms with E-state index < -0.39 is 10.0 Å². The fraction of sp³-hybridized carbons (Fsp3) is 0.500. The predicted molar refractivity (Wildman–Crippen MR) is 59.3 cm³/mol. The molecule has 0 aliphatic carbocycles. The standard InChI is InChI=1S/C8H12ClN3O2S/c1-7(4-9)6-15(13,14)12-8-5-10-2-3-11-8/h2-3,5,7H,4,6H2,1H3,(H,11,12). The highest BCUT2D eigenvalue weighted by Crippen LogP contribution is 2.07. The van der Waals surface area contributed by atoms with Crippen LogP contribution >= 0.6 is 11.6 Å². The Kier molecular flexibility index (Phi) is 4.28. The summed E-state index contributed by atoms with van der Waals surface area (Å²) in [5.41, 5.74) is 0. The monoisotopic (exact) mass is 249 g/mol. The summed E-state index contributed by atoms with van der Waals surface area (Å²) in [5, 5.41) is 0. The van der Waals surface area contributed by atoms with Crippen LogP contribution in [0.3, 0.4) is 0 Å². The van der Waals surface area contributed by atoms with Crippen LogP contribution in [0.5, 0.6) is 0 Å². The SMILES string of the molecule is CC(CCl)CS(=O)(=O)Nc1cnccn1. The fourth-order valence-electron chi connectivity index (χ4n) is 0.972. The molecule has 1 aromatic rings. The first-order chi connectivity index (χ1) is 7.03. The topological polar surface area (TPSA) is 72.0 Å². The molecule has 0 spiro atoms. The molecule has 0 aliphatic heterocycles. The van der Waals surface area contributed by atoms with Gasteiger partial charge in [-0.05, 0) is 5.92 Å². The van der Waals surface area contributed by atoms with Crippen molar-refractivity contribution < 1.29 is 8.42 Å². The molecule has 15 heavy (non-hydrogen) atoms. The van der Waals surface area contributed by atoms with Crippen LogP contribution < -0.4 is 4.72 Å². The fourth-order valence-corrected chi connectivity index (χ4v) is 2.58. The Balaban J connectivity index is 2.65. The first kappa shape index (κ1) is 12.2. The summed E-state index contributed by atoms with van der Waals surface area (Å²) < 4.78 is 25.4. The molecule has 1 unspecified atom stereocenters. The van der Waals surface area contributed by atoms with E-state index in [9.17, 15) is 8.42 Å². The largest absolute Gasteiger partial charge is 0.266 e. The van der Waals surface area contributed by atoms with Gasteiger partial charge in [-0.1, -0.05) is 6.92 Å². The second kappa shape index (κ2) is 5.27. The molecular weight excluding hydrogens is 238 g/mol. The molecule has 0 radical (unpaired) electrons. The average Bonchev–Trinajstić information content (AvgIpc) is 2.17. The van der Waals surface area contributed by atoms with Gasteiger partial charge in [-0.25, -0.2) is 13.4 Å². The average molecular weight is 250 g/mol. The van der Waals surface area contributed by atoms with Gasteiger partial charge in [0.1, 0.15) is 0 Å². The Labute approximate surface area is 93.9 Å². The zero-order valence-electron chi connectivity index (χ0n) is 8.22. The minimum atomic E-state index is -3.38. The first-order valence-electron chi connectivity index (χ1n) is 4.36. The van der Waals surface area contributed by atoms with Crippen molar-refractivity contribution in [1.29, 1.82) is 0 Å². The number of rotatable bonds is 5. The van der Waals surface area contributed by atoms with Crippen molar-refractivity contribution in [3.63, 3.8) is 0 Å². The number of halogens is 1. The number of alkyl halides is 1. The van der Waals surface area contributed by atoms with E-state index in [1.165, 1.54) is 18.6 Å². The maximum absolute atomic E-state index is 11.5. The Hall–Kier alpha value is -0.880. The van der Waals surface area contributed by atoms with Gasteiger partial charge in [0.2, 0.25) is 10.0 Å². The van der Waals surface area contributed by atoms with E-state index in [1.807, 2.05) is 0 Å². The van der Waals surface area contributed by atoms with Crippen molar-refractivity contribution in [3.05, 3.63) is 18.6 Å². The zero-order chi connectivity index (χ0) is 11.3. The lowest BCUT2D eigenvalue weighted by molar-refractivity contribution is 0.588. The quantitative estimate of drug-likeness (QED) is 0.793. The van der Waals surface area contributed by atoms with Crippen molar-refractivity contribution in [2.45, 2.75) is 6.92 Å². The highest BCUT2D eigenvalue weighted by atomic mass is 35.5. The smallest absolute Gasteiger partial charge is 0.234 e. The number of aromatic nitrogens is 2. The number of nitrogens with one attached hydrogen (secondary N) is 1. The molecular formula is C8H12ClN3O2S. The highest BCUT2D eigenvalue weighted by molar-refractivity contribution is 7.92. The second-order valence-electron chi connectivity index (χ2n) is 3.23. The second-order valence-corrected chi connectivity index (χ2v) is 5.31. The van der Waals surface area contributed by atoms with E-state index >= 15 is 0 Å². The molecule has 0 amide bonds. The molecule has 0 fully saturated rings. The van der Waals surface area contributed by atoms with Crippen molar-refractivity contribution in [1.82, 2.24) is 9.97 Å². The van der Waals surface area contributed by atoms with E-state index in [1.54, 1.807) is 6.92 Å². The maximum Gasteiger partial charge on any atom is 0.234 e. The van der Waals surface area contributed by atoms with Crippen LogP contribution in [0, 0.1) is 5.92 Å². The summed E-state index contributed by atoms with van der Waals surface area (Å²) in [5.74, 6) is 0.411. The molecule has 5 nitrogen and oxygen atoms in total. The van der Waals surface area contributed by atoms with Gasteiger partial charge >= 0.3 is 0 Å². The van der Waals surface area contributed by atoms with E-state index in [0.717, 1.165) is 0 Å². The molecule has 1 heterocycles. The lowest BCUT2D eigenvalue weighted by atomic mass is 10.3. The summed E-state index contributed by atoms with van der Waals surface area (Å²) in [4.78, 5) is 7.56. The molecule has 1 N–H and O–H groups in total. The summed E-state index contributed by atoms with van der Waals surface area (Å²) in [6.07, 6.45) is 4.24. The number of nitrogens with zero attached hydrogens (tertiary/aromatic N) is 2. The molecule has 84 valence electrons. The van der Waals surface area contributed by atoms with Crippen LogP contribution in [0.4, 0.5) is 5.82 Å². The minimum absolute atomic E-state index is 0.0208. The van der Waals surface area contributed by atoms with E-state index in [2.05, 4.69) is 14.7 Å². The lowest BCUT2D eigenvalue weighted by Gasteiger charge is -2.09. The van der Waals surface area contributed by atoms with Gasteiger partial charge in [0.05, 0.1) is 11.9 Å².